The third kappa shape index (κ3) is 4.27. The fourth-order valence-corrected chi connectivity index (χ4v) is 3.77. The lowest BCUT2D eigenvalue weighted by molar-refractivity contribution is -0.140. The van der Waals surface area contributed by atoms with E-state index >= 15 is 0 Å². The van der Waals surface area contributed by atoms with Crippen LogP contribution in [0.4, 0.5) is 0 Å². The predicted molar refractivity (Wildman–Crippen MR) is 120 cm³/mol. The van der Waals surface area contributed by atoms with Gasteiger partial charge < -0.3 is 29.1 Å². The van der Waals surface area contributed by atoms with Crippen LogP contribution in [0, 0.1) is 0 Å². The van der Waals surface area contributed by atoms with Crippen LogP contribution >= 0.6 is 0 Å². The summed E-state index contributed by atoms with van der Waals surface area (Å²) in [6.45, 7) is 0.834. The van der Waals surface area contributed by atoms with Crippen LogP contribution < -0.4 is 14.2 Å². The van der Waals surface area contributed by atoms with Crippen molar-refractivity contribution in [1.82, 2.24) is 9.80 Å². The number of hydrogen-bond donors (Lipinski definition) is 1. The number of hydrogen-bond acceptors (Lipinski definition) is 7. The standard InChI is InChI=1S/C24H28N2O6/c1-25(2)13-14-26-20(17-7-6-8-18(31-4)23(17)32-5)19(22(28)24(26)29)21(27)15-9-11-16(30-3)12-10-15/h6-12,20,27H,13-14H2,1-5H3/b21-19+/t20-/m0/s1. The van der Waals surface area contributed by atoms with Gasteiger partial charge in [-0.25, -0.2) is 0 Å². The summed E-state index contributed by atoms with van der Waals surface area (Å²) in [7, 11) is 8.32. The van der Waals surface area contributed by atoms with Gasteiger partial charge in [0.15, 0.2) is 11.5 Å². The molecule has 8 heteroatoms. The minimum Gasteiger partial charge on any atom is -0.507 e. The van der Waals surface area contributed by atoms with Gasteiger partial charge in [0, 0.05) is 24.2 Å². The number of carbonyl (C=O) groups excluding carboxylic acids is 2. The van der Waals surface area contributed by atoms with Crippen LogP contribution in [0.15, 0.2) is 48.0 Å². The highest BCUT2D eigenvalue weighted by Gasteiger charge is 2.47. The second-order valence-corrected chi connectivity index (χ2v) is 7.61. The van der Waals surface area contributed by atoms with E-state index in [9.17, 15) is 14.7 Å². The molecule has 0 saturated carbocycles. The summed E-state index contributed by atoms with van der Waals surface area (Å²) < 4.78 is 16.2. The zero-order chi connectivity index (χ0) is 23.4. The summed E-state index contributed by atoms with van der Waals surface area (Å²) in [5.41, 5.74) is 0.966. The number of carbonyl (C=O) groups is 2. The first-order valence-corrected chi connectivity index (χ1v) is 10.1. The molecule has 8 nitrogen and oxygen atoms in total. The Balaban J connectivity index is 2.22. The Hall–Kier alpha value is -3.52. The maximum Gasteiger partial charge on any atom is 0.295 e. The Morgan fingerprint density at radius 2 is 1.69 bits per heavy atom. The van der Waals surface area contributed by atoms with Gasteiger partial charge >= 0.3 is 0 Å². The molecule has 32 heavy (non-hydrogen) atoms. The van der Waals surface area contributed by atoms with Crippen LogP contribution in [0.3, 0.4) is 0 Å². The summed E-state index contributed by atoms with van der Waals surface area (Å²) in [5, 5.41) is 11.1. The van der Waals surface area contributed by atoms with Crippen molar-refractivity contribution in [2.75, 3.05) is 48.5 Å². The first-order valence-electron chi connectivity index (χ1n) is 10.1. The number of rotatable bonds is 8. The third-order valence-electron chi connectivity index (χ3n) is 5.42. The van der Waals surface area contributed by atoms with Gasteiger partial charge in [0.25, 0.3) is 11.7 Å². The van der Waals surface area contributed by atoms with E-state index in [1.165, 1.54) is 19.1 Å². The smallest absolute Gasteiger partial charge is 0.295 e. The zero-order valence-electron chi connectivity index (χ0n) is 18.9. The summed E-state index contributed by atoms with van der Waals surface area (Å²) in [6, 6.07) is 11.1. The van der Waals surface area contributed by atoms with E-state index < -0.39 is 17.7 Å². The molecule has 0 aliphatic carbocycles. The Kier molecular flexibility index (Phi) is 7.05. The molecule has 1 amide bonds. The van der Waals surface area contributed by atoms with Gasteiger partial charge in [0.2, 0.25) is 0 Å². The van der Waals surface area contributed by atoms with Gasteiger partial charge in [0.05, 0.1) is 32.9 Å². The van der Waals surface area contributed by atoms with Crippen molar-refractivity contribution in [3.63, 3.8) is 0 Å². The highest BCUT2D eigenvalue weighted by molar-refractivity contribution is 6.46. The van der Waals surface area contributed by atoms with Crippen molar-refractivity contribution in [3.8, 4) is 17.2 Å². The van der Waals surface area contributed by atoms with Crippen molar-refractivity contribution in [3.05, 3.63) is 59.2 Å². The third-order valence-corrected chi connectivity index (χ3v) is 5.42. The zero-order valence-corrected chi connectivity index (χ0v) is 18.9. The number of nitrogens with zero attached hydrogens (tertiary/aromatic N) is 2. The molecular formula is C24H28N2O6. The molecule has 2 aromatic carbocycles. The van der Waals surface area contributed by atoms with Gasteiger partial charge in [-0.1, -0.05) is 12.1 Å². The number of Topliss-reactive ketones (excluding diaryl/α,β-unsaturated/α-hetero) is 1. The molecule has 1 heterocycles. The first-order chi connectivity index (χ1) is 15.3. The van der Waals surface area contributed by atoms with E-state index in [2.05, 4.69) is 0 Å². The lowest BCUT2D eigenvalue weighted by atomic mass is 9.94. The molecule has 1 fully saturated rings. The van der Waals surface area contributed by atoms with Crippen LogP contribution in [0.1, 0.15) is 17.2 Å². The fourth-order valence-electron chi connectivity index (χ4n) is 3.77. The van der Waals surface area contributed by atoms with Crippen LogP contribution in [0.5, 0.6) is 17.2 Å². The molecule has 170 valence electrons. The number of methoxy groups -OCH3 is 3. The van der Waals surface area contributed by atoms with Crippen molar-refractivity contribution >= 4 is 17.4 Å². The largest absolute Gasteiger partial charge is 0.507 e. The molecule has 1 N–H and O–H groups in total. The number of likely N-dealkylation sites (N-methyl/N-ethyl adjacent to an activating group) is 1. The molecule has 0 spiro atoms. The number of likely N-dealkylation sites (tertiary alicyclic amines) is 1. The topological polar surface area (TPSA) is 88.5 Å². The van der Waals surface area contributed by atoms with E-state index in [1.54, 1.807) is 49.6 Å². The Bertz CT molecular complexity index is 1030. The molecule has 1 aliphatic heterocycles. The number of aliphatic hydroxyl groups excluding tert-OH is 1. The molecule has 0 bridgehead atoms. The summed E-state index contributed by atoms with van der Waals surface area (Å²) in [4.78, 5) is 29.5. The quantitative estimate of drug-likeness (QED) is 0.384. The van der Waals surface area contributed by atoms with E-state index in [1.807, 2.05) is 19.0 Å². The highest BCUT2D eigenvalue weighted by atomic mass is 16.5. The number of benzene rings is 2. The lowest BCUT2D eigenvalue weighted by Gasteiger charge is -2.28. The number of ketones is 1. The minimum absolute atomic E-state index is 0.00507. The molecule has 1 atom stereocenters. The normalized spacial score (nSPS) is 17.7. The molecule has 2 aromatic rings. The maximum atomic E-state index is 13.1. The Morgan fingerprint density at radius 3 is 2.25 bits per heavy atom. The van der Waals surface area contributed by atoms with Gasteiger partial charge in [0.1, 0.15) is 11.5 Å². The molecule has 3 rings (SSSR count). The Labute approximate surface area is 187 Å². The van der Waals surface area contributed by atoms with Crippen molar-refractivity contribution in [2.45, 2.75) is 6.04 Å². The van der Waals surface area contributed by atoms with Crippen LogP contribution in [-0.4, -0.2) is 75.1 Å². The van der Waals surface area contributed by atoms with Gasteiger partial charge in [-0.05, 0) is 44.4 Å². The van der Waals surface area contributed by atoms with Crippen molar-refractivity contribution in [1.29, 1.82) is 0 Å². The van der Waals surface area contributed by atoms with Crippen molar-refractivity contribution in [2.24, 2.45) is 0 Å². The molecular weight excluding hydrogens is 412 g/mol. The molecule has 0 aromatic heterocycles. The van der Waals surface area contributed by atoms with Crippen LogP contribution in [0.25, 0.3) is 5.76 Å². The average molecular weight is 440 g/mol. The fraction of sp³-hybridized carbons (Fsp3) is 0.333. The number of amides is 1. The van der Waals surface area contributed by atoms with E-state index in [0.29, 0.717) is 41.5 Å². The molecule has 0 unspecified atom stereocenters. The lowest BCUT2D eigenvalue weighted by Crippen LogP contribution is -2.35. The average Bonchev–Trinajstić information content (AvgIpc) is 3.06. The van der Waals surface area contributed by atoms with Gasteiger partial charge in [-0.3, -0.25) is 9.59 Å². The minimum atomic E-state index is -0.831. The maximum absolute atomic E-state index is 13.1. The van der Waals surface area contributed by atoms with Crippen LogP contribution in [0.2, 0.25) is 0 Å². The van der Waals surface area contributed by atoms with E-state index in [4.69, 9.17) is 14.2 Å². The SMILES string of the molecule is COc1ccc(/C(O)=C2\C(=O)C(=O)N(CCN(C)C)[C@H]2c2cccc(OC)c2OC)cc1. The first kappa shape index (κ1) is 23.1. The number of ether oxygens (including phenoxy) is 3. The summed E-state index contributed by atoms with van der Waals surface area (Å²) in [6.07, 6.45) is 0. The van der Waals surface area contributed by atoms with Crippen molar-refractivity contribution < 1.29 is 28.9 Å². The molecule has 0 radical (unpaired) electrons. The highest BCUT2D eigenvalue weighted by Crippen LogP contribution is 2.45. The molecule has 1 saturated heterocycles. The summed E-state index contributed by atoms with van der Waals surface area (Å²) in [5.74, 6) is -0.194. The molecule has 1 aliphatic rings. The van der Waals surface area contributed by atoms with Gasteiger partial charge in [-0.2, -0.15) is 0 Å². The van der Waals surface area contributed by atoms with E-state index in [0.717, 1.165) is 0 Å². The van der Waals surface area contributed by atoms with Crippen LogP contribution in [-0.2, 0) is 9.59 Å². The monoisotopic (exact) mass is 440 g/mol. The number of para-hydroxylation sites is 1. The second kappa shape index (κ2) is 9.74. The van der Waals surface area contributed by atoms with E-state index in [-0.39, 0.29) is 11.3 Å². The predicted octanol–water partition coefficient (Wildman–Crippen LogP) is 2.70. The Morgan fingerprint density at radius 1 is 1.00 bits per heavy atom. The summed E-state index contributed by atoms with van der Waals surface area (Å²) >= 11 is 0. The van der Waals surface area contributed by atoms with Gasteiger partial charge in [-0.15, -0.1) is 0 Å². The number of aliphatic hydroxyl groups is 1. The second-order valence-electron chi connectivity index (χ2n) is 7.61.